The van der Waals surface area contributed by atoms with Crippen LogP contribution in [0.1, 0.15) is 63.5 Å². The predicted octanol–water partition coefficient (Wildman–Crippen LogP) is 5.07. The molecule has 1 aromatic rings. The van der Waals surface area contributed by atoms with Gasteiger partial charge in [0.05, 0.1) is 5.69 Å². The summed E-state index contributed by atoms with van der Waals surface area (Å²) in [5, 5.41) is 0. The van der Waals surface area contributed by atoms with Gasteiger partial charge in [0.25, 0.3) is 0 Å². The first-order valence-electron chi connectivity index (χ1n) is 7.11. The number of benzene rings is 1. The summed E-state index contributed by atoms with van der Waals surface area (Å²) < 4.78 is 0. The summed E-state index contributed by atoms with van der Waals surface area (Å²) in [6, 6.07) is 6.17. The molecular weight excluding hydrogens is 206 g/mol. The van der Waals surface area contributed by atoms with E-state index in [4.69, 9.17) is 5.73 Å². The molecule has 0 heterocycles. The molecule has 0 spiro atoms. The molecule has 95 valence electrons. The Morgan fingerprint density at radius 2 is 1.41 bits per heavy atom. The second-order valence-electron chi connectivity index (χ2n) is 4.90. The molecule has 1 rings (SSSR count). The largest absolute Gasteiger partial charge is 0.301 e. The topological polar surface area (TPSA) is 23.8 Å². The third-order valence-electron chi connectivity index (χ3n) is 3.31. The lowest BCUT2D eigenvalue weighted by Crippen LogP contribution is -1.95. The molecular formula is C16H26N. The number of unbranched alkanes of at least 4 members (excludes halogenated alkanes) is 4. The number of aryl methyl sites for hydroxylation is 2. The molecule has 1 N–H and O–H groups in total. The highest BCUT2D eigenvalue weighted by atomic mass is 14.5. The molecule has 0 saturated heterocycles. The molecule has 0 fully saturated rings. The van der Waals surface area contributed by atoms with Gasteiger partial charge in [-0.3, -0.25) is 0 Å². The smallest absolute Gasteiger partial charge is 0.0542 e. The molecule has 0 aliphatic carbocycles. The molecule has 0 amide bonds. The minimum absolute atomic E-state index is 0.663. The third-order valence-corrected chi connectivity index (χ3v) is 3.31. The van der Waals surface area contributed by atoms with Gasteiger partial charge in [0.15, 0.2) is 0 Å². The van der Waals surface area contributed by atoms with Gasteiger partial charge < -0.3 is 5.73 Å². The van der Waals surface area contributed by atoms with Crippen molar-refractivity contribution in [1.82, 2.24) is 5.73 Å². The number of rotatable bonds is 8. The highest BCUT2D eigenvalue weighted by Crippen LogP contribution is 2.19. The molecule has 1 nitrogen and oxygen atoms in total. The fraction of sp³-hybridized carbons (Fsp3) is 0.625. The molecule has 0 saturated carbocycles. The summed E-state index contributed by atoms with van der Waals surface area (Å²) in [5.41, 5.74) is 11.3. The lowest BCUT2D eigenvalue weighted by atomic mass is 9.96. The van der Waals surface area contributed by atoms with E-state index in [0.717, 1.165) is 6.42 Å². The highest BCUT2D eigenvalue weighted by molar-refractivity contribution is 5.42. The van der Waals surface area contributed by atoms with Crippen molar-refractivity contribution in [2.75, 3.05) is 0 Å². The zero-order chi connectivity index (χ0) is 12.5. The van der Waals surface area contributed by atoms with E-state index in [1.165, 1.54) is 56.1 Å². The standard InChI is InChI=1S/C16H26N/c1-3-5-7-9-14-11-12-16(17)13-15(14)10-8-6-4-2/h11-13,17H,3-10H2,1-2H3. The van der Waals surface area contributed by atoms with E-state index in [0.29, 0.717) is 5.69 Å². The van der Waals surface area contributed by atoms with Crippen molar-refractivity contribution >= 4 is 5.69 Å². The Morgan fingerprint density at radius 1 is 0.824 bits per heavy atom. The van der Waals surface area contributed by atoms with Gasteiger partial charge in [-0.1, -0.05) is 45.6 Å². The summed E-state index contributed by atoms with van der Waals surface area (Å²) in [7, 11) is 0. The predicted molar refractivity (Wildman–Crippen MR) is 75.7 cm³/mol. The summed E-state index contributed by atoms with van der Waals surface area (Å²) in [5.74, 6) is 0. The van der Waals surface area contributed by atoms with E-state index in [2.05, 4.69) is 26.0 Å². The van der Waals surface area contributed by atoms with Crippen LogP contribution in [0.2, 0.25) is 0 Å². The maximum atomic E-state index is 7.73. The average molecular weight is 232 g/mol. The van der Waals surface area contributed by atoms with Crippen LogP contribution in [0.3, 0.4) is 0 Å². The van der Waals surface area contributed by atoms with E-state index in [1.54, 1.807) is 0 Å². The summed E-state index contributed by atoms with van der Waals surface area (Å²) >= 11 is 0. The quantitative estimate of drug-likeness (QED) is 0.559. The Morgan fingerprint density at radius 3 is 2.00 bits per heavy atom. The van der Waals surface area contributed by atoms with Crippen molar-refractivity contribution in [3.63, 3.8) is 0 Å². The minimum atomic E-state index is 0.663. The van der Waals surface area contributed by atoms with Crippen LogP contribution in [-0.4, -0.2) is 0 Å². The molecule has 1 aromatic carbocycles. The van der Waals surface area contributed by atoms with Gasteiger partial charge in [-0.15, -0.1) is 0 Å². The van der Waals surface area contributed by atoms with Crippen LogP contribution in [0.5, 0.6) is 0 Å². The van der Waals surface area contributed by atoms with Gasteiger partial charge in [-0.25, -0.2) is 0 Å². The fourth-order valence-corrected chi connectivity index (χ4v) is 2.23. The SMILES string of the molecule is CCCCCc1ccc([NH])cc1CCCCC. The lowest BCUT2D eigenvalue weighted by Gasteiger charge is -2.10. The molecule has 0 aromatic heterocycles. The number of nitrogens with one attached hydrogen (secondary N) is 1. The maximum Gasteiger partial charge on any atom is 0.0542 e. The number of hydrogen-bond donors (Lipinski definition) is 0. The van der Waals surface area contributed by atoms with Crippen LogP contribution < -0.4 is 5.73 Å². The molecule has 0 bridgehead atoms. The first kappa shape index (κ1) is 14.1. The molecule has 0 atom stereocenters. The van der Waals surface area contributed by atoms with Gasteiger partial charge in [-0.2, -0.15) is 0 Å². The summed E-state index contributed by atoms with van der Waals surface area (Å²) in [6.45, 7) is 4.48. The molecule has 0 aliphatic rings. The molecule has 1 radical (unpaired) electrons. The summed E-state index contributed by atoms with van der Waals surface area (Å²) in [6.07, 6.45) is 10.1. The van der Waals surface area contributed by atoms with E-state index in [1.807, 2.05) is 6.07 Å². The Kier molecular flexibility index (Phi) is 6.76. The molecule has 1 heteroatoms. The van der Waals surface area contributed by atoms with Gasteiger partial charge in [0.1, 0.15) is 0 Å². The van der Waals surface area contributed by atoms with Crippen molar-refractivity contribution in [1.29, 1.82) is 0 Å². The second-order valence-corrected chi connectivity index (χ2v) is 4.90. The Balaban J connectivity index is 2.59. The van der Waals surface area contributed by atoms with Crippen LogP contribution in [0.4, 0.5) is 5.69 Å². The molecule has 17 heavy (non-hydrogen) atoms. The minimum Gasteiger partial charge on any atom is -0.301 e. The lowest BCUT2D eigenvalue weighted by molar-refractivity contribution is 0.693. The first-order valence-corrected chi connectivity index (χ1v) is 7.11. The van der Waals surface area contributed by atoms with Crippen LogP contribution in [0.25, 0.3) is 0 Å². The summed E-state index contributed by atoms with van der Waals surface area (Å²) in [4.78, 5) is 0. The maximum absolute atomic E-state index is 7.73. The van der Waals surface area contributed by atoms with E-state index >= 15 is 0 Å². The monoisotopic (exact) mass is 232 g/mol. The third kappa shape index (κ3) is 5.25. The van der Waals surface area contributed by atoms with Gasteiger partial charge in [0.2, 0.25) is 0 Å². The Hall–Kier alpha value is -0.980. The van der Waals surface area contributed by atoms with E-state index in [-0.39, 0.29) is 0 Å². The Bertz CT molecular complexity index is 317. The highest BCUT2D eigenvalue weighted by Gasteiger charge is 2.03. The zero-order valence-corrected chi connectivity index (χ0v) is 11.4. The Labute approximate surface area is 106 Å². The van der Waals surface area contributed by atoms with Crippen LogP contribution in [-0.2, 0) is 12.8 Å². The number of hydrogen-bond acceptors (Lipinski definition) is 0. The van der Waals surface area contributed by atoms with Crippen molar-refractivity contribution in [3.8, 4) is 0 Å². The van der Waals surface area contributed by atoms with Crippen LogP contribution in [0.15, 0.2) is 18.2 Å². The van der Waals surface area contributed by atoms with E-state index in [9.17, 15) is 0 Å². The molecule has 0 unspecified atom stereocenters. The normalized spacial score (nSPS) is 10.7. The van der Waals surface area contributed by atoms with Gasteiger partial charge >= 0.3 is 0 Å². The van der Waals surface area contributed by atoms with Gasteiger partial charge in [0, 0.05) is 0 Å². The second kappa shape index (κ2) is 8.16. The van der Waals surface area contributed by atoms with Crippen LogP contribution >= 0.6 is 0 Å². The molecule has 0 aliphatic heterocycles. The first-order chi connectivity index (χ1) is 8.27. The van der Waals surface area contributed by atoms with Crippen molar-refractivity contribution in [2.24, 2.45) is 0 Å². The fourth-order valence-electron chi connectivity index (χ4n) is 2.23. The van der Waals surface area contributed by atoms with Gasteiger partial charge in [-0.05, 0) is 48.9 Å². The van der Waals surface area contributed by atoms with Crippen molar-refractivity contribution < 1.29 is 0 Å². The van der Waals surface area contributed by atoms with Crippen LogP contribution in [0, 0.1) is 0 Å². The van der Waals surface area contributed by atoms with E-state index < -0.39 is 0 Å². The zero-order valence-electron chi connectivity index (χ0n) is 11.4. The van der Waals surface area contributed by atoms with Crippen molar-refractivity contribution in [2.45, 2.75) is 65.2 Å². The average Bonchev–Trinajstić information content (AvgIpc) is 2.32. The van der Waals surface area contributed by atoms with Crippen molar-refractivity contribution in [3.05, 3.63) is 29.3 Å².